The summed E-state index contributed by atoms with van der Waals surface area (Å²) in [5.74, 6) is 0.488. The second-order valence-electron chi connectivity index (χ2n) is 14.4. The molecule has 47 heavy (non-hydrogen) atoms. The van der Waals surface area contributed by atoms with E-state index in [9.17, 15) is 0 Å². The van der Waals surface area contributed by atoms with Gasteiger partial charge in [-0.25, -0.2) is 0 Å². The van der Waals surface area contributed by atoms with E-state index < -0.39 is 16.1 Å². The SMILES string of the molecule is CC(C)c1ccnc(-c2[c-]cc3sc4ccc5cc([Si](C)(C)C)ccc5c4c3c2)c1.C[Si](C)(C)c1ccc(-c2[c-]cccc2)nc1.[Ir]. The largest absolute Gasteiger partial charge is 0.305 e. The summed E-state index contributed by atoms with van der Waals surface area (Å²) >= 11 is 1.86. The van der Waals surface area contributed by atoms with E-state index in [0.717, 1.165) is 22.5 Å². The number of pyridine rings is 2. The van der Waals surface area contributed by atoms with Gasteiger partial charge in [0.1, 0.15) is 0 Å². The van der Waals surface area contributed by atoms with E-state index in [-0.39, 0.29) is 20.1 Å². The minimum atomic E-state index is -1.33. The van der Waals surface area contributed by atoms with E-state index in [4.69, 9.17) is 0 Å². The van der Waals surface area contributed by atoms with E-state index in [2.05, 4.69) is 142 Å². The zero-order valence-electron chi connectivity index (χ0n) is 28.5. The van der Waals surface area contributed by atoms with Gasteiger partial charge in [0.2, 0.25) is 0 Å². The minimum Gasteiger partial charge on any atom is -0.305 e. The molecule has 1 radical (unpaired) electrons. The van der Waals surface area contributed by atoms with Crippen LogP contribution in [0.2, 0.25) is 39.3 Å². The van der Waals surface area contributed by atoms with Crippen molar-refractivity contribution in [1.82, 2.24) is 9.97 Å². The Morgan fingerprint density at radius 2 is 1.43 bits per heavy atom. The van der Waals surface area contributed by atoms with Crippen LogP contribution in [-0.4, -0.2) is 26.1 Å². The van der Waals surface area contributed by atoms with Gasteiger partial charge in [-0.05, 0) is 55.5 Å². The van der Waals surface area contributed by atoms with Crippen molar-refractivity contribution in [3.63, 3.8) is 0 Å². The molecule has 0 spiro atoms. The zero-order chi connectivity index (χ0) is 32.6. The Morgan fingerprint density at radius 1 is 0.660 bits per heavy atom. The van der Waals surface area contributed by atoms with Crippen LogP contribution in [0.15, 0.2) is 103 Å². The molecule has 0 aliphatic rings. The predicted molar refractivity (Wildman–Crippen MR) is 207 cm³/mol. The molecule has 7 aromatic rings. The van der Waals surface area contributed by atoms with Gasteiger partial charge in [-0.15, -0.1) is 59.7 Å². The molecule has 0 saturated carbocycles. The predicted octanol–water partition coefficient (Wildman–Crippen LogP) is 10.8. The van der Waals surface area contributed by atoms with Gasteiger partial charge in [0.25, 0.3) is 0 Å². The second kappa shape index (κ2) is 14.1. The van der Waals surface area contributed by atoms with Crippen LogP contribution in [0.4, 0.5) is 0 Å². The van der Waals surface area contributed by atoms with Crippen molar-refractivity contribution < 1.29 is 20.1 Å². The van der Waals surface area contributed by atoms with Crippen LogP contribution in [0.5, 0.6) is 0 Å². The third kappa shape index (κ3) is 7.74. The van der Waals surface area contributed by atoms with Crippen molar-refractivity contribution >= 4 is 68.8 Å². The van der Waals surface area contributed by atoms with Crippen molar-refractivity contribution in [2.24, 2.45) is 0 Å². The fraction of sp³-hybridized carbons (Fsp3) is 0.220. The molecule has 0 aliphatic carbocycles. The van der Waals surface area contributed by atoms with Gasteiger partial charge in [0.15, 0.2) is 0 Å². The van der Waals surface area contributed by atoms with Crippen molar-refractivity contribution in [3.8, 4) is 22.5 Å². The van der Waals surface area contributed by atoms with Crippen molar-refractivity contribution in [2.75, 3.05) is 0 Å². The average molecular weight is 843 g/mol. The van der Waals surface area contributed by atoms with Crippen LogP contribution >= 0.6 is 11.3 Å². The van der Waals surface area contributed by atoms with Gasteiger partial charge < -0.3 is 9.97 Å². The Hall–Kier alpha value is -3.26. The van der Waals surface area contributed by atoms with E-state index >= 15 is 0 Å². The topological polar surface area (TPSA) is 25.8 Å². The minimum absolute atomic E-state index is 0. The molecule has 0 saturated heterocycles. The molecule has 2 nitrogen and oxygen atoms in total. The number of rotatable bonds is 5. The average Bonchev–Trinajstić information content (AvgIpc) is 3.43. The Morgan fingerprint density at radius 3 is 2.09 bits per heavy atom. The molecule has 3 aromatic heterocycles. The molecule has 241 valence electrons. The first-order valence-corrected chi connectivity index (χ1v) is 23.9. The van der Waals surface area contributed by atoms with Gasteiger partial charge in [-0.2, -0.15) is 11.3 Å². The number of fused-ring (bicyclic) bond motifs is 5. The van der Waals surface area contributed by atoms with Crippen molar-refractivity contribution in [3.05, 3.63) is 121 Å². The number of hydrogen-bond donors (Lipinski definition) is 0. The molecular formula is C41H42IrN2SSi2-2. The van der Waals surface area contributed by atoms with E-state index in [0.29, 0.717) is 5.92 Å². The van der Waals surface area contributed by atoms with E-state index in [1.165, 1.54) is 46.9 Å². The molecule has 6 heteroatoms. The smallest absolute Gasteiger partial charge is 0.0795 e. The Labute approximate surface area is 299 Å². The number of thiophene rings is 1. The van der Waals surface area contributed by atoms with Gasteiger partial charge in [0.05, 0.1) is 16.1 Å². The van der Waals surface area contributed by atoms with Gasteiger partial charge in [0, 0.05) is 37.2 Å². The number of nitrogens with zero attached hydrogens (tertiary/aromatic N) is 2. The molecule has 0 fully saturated rings. The quantitative estimate of drug-likeness (QED) is 0.127. The first-order valence-electron chi connectivity index (χ1n) is 16.1. The third-order valence-corrected chi connectivity index (χ3v) is 13.8. The summed E-state index contributed by atoms with van der Waals surface area (Å²) in [6, 6.07) is 39.3. The van der Waals surface area contributed by atoms with Crippen LogP contribution in [-0.2, 0) is 20.1 Å². The maximum Gasteiger partial charge on any atom is 0.0795 e. The van der Waals surface area contributed by atoms with Crippen LogP contribution in [0.1, 0.15) is 25.3 Å². The maximum atomic E-state index is 4.64. The monoisotopic (exact) mass is 843 g/mol. The molecule has 0 N–H and O–H groups in total. The molecule has 0 aliphatic heterocycles. The van der Waals surface area contributed by atoms with Gasteiger partial charge in [-0.1, -0.05) is 112 Å². The Balaban J connectivity index is 0.000000217. The molecule has 4 aromatic carbocycles. The zero-order valence-corrected chi connectivity index (χ0v) is 33.7. The van der Waals surface area contributed by atoms with E-state index in [1.54, 1.807) is 0 Å². The summed E-state index contributed by atoms with van der Waals surface area (Å²) in [6.45, 7) is 18.7. The van der Waals surface area contributed by atoms with Crippen LogP contribution < -0.4 is 10.4 Å². The van der Waals surface area contributed by atoms with E-state index in [1.807, 2.05) is 48.0 Å². The van der Waals surface area contributed by atoms with Gasteiger partial charge >= 0.3 is 0 Å². The molecule has 0 bridgehead atoms. The summed E-state index contributed by atoms with van der Waals surface area (Å²) < 4.78 is 2.63. The summed E-state index contributed by atoms with van der Waals surface area (Å²) in [5.41, 5.74) is 5.45. The molecule has 3 heterocycles. The van der Waals surface area contributed by atoms with Crippen molar-refractivity contribution in [1.29, 1.82) is 0 Å². The summed E-state index contributed by atoms with van der Waals surface area (Å²) in [6.07, 6.45) is 3.93. The molecule has 0 unspecified atom stereocenters. The first-order chi connectivity index (χ1) is 21.9. The van der Waals surface area contributed by atoms with Crippen molar-refractivity contribution in [2.45, 2.75) is 59.0 Å². The summed E-state index contributed by atoms with van der Waals surface area (Å²) in [7, 11) is -2.56. The maximum absolute atomic E-state index is 4.64. The molecule has 7 rings (SSSR count). The molecular weight excluding hydrogens is 801 g/mol. The molecule has 0 atom stereocenters. The third-order valence-electron chi connectivity index (χ3n) is 8.59. The number of aromatic nitrogens is 2. The number of benzene rings is 4. The fourth-order valence-electron chi connectivity index (χ4n) is 5.67. The normalized spacial score (nSPS) is 11.9. The van der Waals surface area contributed by atoms with Crippen LogP contribution in [0.3, 0.4) is 0 Å². The molecule has 0 amide bonds. The van der Waals surface area contributed by atoms with Crippen LogP contribution in [0.25, 0.3) is 53.5 Å². The Kier molecular flexibility index (Phi) is 10.5. The summed E-state index contributed by atoms with van der Waals surface area (Å²) in [5, 5.41) is 8.28. The number of hydrogen-bond acceptors (Lipinski definition) is 3. The Bertz CT molecular complexity index is 2140. The van der Waals surface area contributed by atoms with Crippen LogP contribution in [0, 0.1) is 12.1 Å². The first kappa shape index (κ1) is 35.1. The summed E-state index contributed by atoms with van der Waals surface area (Å²) in [4.78, 5) is 9.16. The van der Waals surface area contributed by atoms with Gasteiger partial charge in [-0.3, -0.25) is 0 Å². The fourth-order valence-corrected chi connectivity index (χ4v) is 8.96. The standard InChI is InChI=1S/C27H26NSSi.C14H16NSi.Ir/c1-17(2)18-12-13-28-24(16-18)20-7-10-25-23(15-20)27-22-9-8-21(30(3,4)5)14-19(22)6-11-26(27)29-25;1-16(2,3)13-9-10-14(15-11-13)12-7-5-4-6-8-12;/h6,8-17H,1-5H3;4-7,9-11H,1-3H3;/q2*-1;. The second-order valence-corrected chi connectivity index (χ2v) is 25.7.